The van der Waals surface area contributed by atoms with Crippen molar-refractivity contribution in [3.63, 3.8) is 0 Å². The SMILES string of the molecule is NN=C(C=[NH2+])CC(=O)N1CCN(c2c(F)cc(N3CC(CNC(=O)C(F)F)OC3=O)cc2F)CCN1. The van der Waals surface area contributed by atoms with E-state index in [4.69, 9.17) is 16.0 Å². The van der Waals surface area contributed by atoms with Crippen LogP contribution in [0.1, 0.15) is 6.42 Å². The molecule has 0 spiro atoms. The van der Waals surface area contributed by atoms with E-state index in [1.807, 2.05) is 5.32 Å². The first-order chi connectivity index (χ1) is 17.1. The van der Waals surface area contributed by atoms with E-state index < -0.39 is 36.2 Å². The maximum atomic E-state index is 15.0. The summed E-state index contributed by atoms with van der Waals surface area (Å²) < 4.78 is 59.6. The summed E-state index contributed by atoms with van der Waals surface area (Å²) in [6.45, 7) is -0.0584. The van der Waals surface area contributed by atoms with Crippen molar-refractivity contribution >= 4 is 41.2 Å². The number of hydrazine groups is 1. The maximum Gasteiger partial charge on any atom is 0.414 e. The zero-order chi connectivity index (χ0) is 26.4. The third-order valence-corrected chi connectivity index (χ3v) is 5.48. The van der Waals surface area contributed by atoms with Gasteiger partial charge in [0.05, 0.1) is 31.7 Å². The first kappa shape index (κ1) is 26.7. The predicted octanol–water partition coefficient (Wildman–Crippen LogP) is -1.64. The number of hydrazone groups is 1. The number of carbonyl (C=O) groups is 3. The van der Waals surface area contributed by atoms with Crippen molar-refractivity contribution in [3.05, 3.63) is 23.8 Å². The van der Waals surface area contributed by atoms with Crippen LogP contribution in [0.5, 0.6) is 0 Å². The molecule has 36 heavy (non-hydrogen) atoms. The quantitative estimate of drug-likeness (QED) is 0.139. The lowest BCUT2D eigenvalue weighted by molar-refractivity contribution is -0.133. The van der Waals surface area contributed by atoms with Crippen molar-refractivity contribution in [1.82, 2.24) is 15.8 Å². The third kappa shape index (κ3) is 6.18. The van der Waals surface area contributed by atoms with Crippen molar-refractivity contribution in [2.45, 2.75) is 19.0 Å². The highest BCUT2D eigenvalue weighted by Crippen LogP contribution is 2.31. The van der Waals surface area contributed by atoms with Crippen LogP contribution < -0.4 is 31.8 Å². The van der Waals surface area contributed by atoms with Crippen LogP contribution in [-0.2, 0) is 14.3 Å². The number of halogens is 4. The molecule has 2 aliphatic heterocycles. The molecule has 0 aliphatic carbocycles. The second kappa shape index (κ2) is 11.7. The Morgan fingerprint density at radius 3 is 2.58 bits per heavy atom. The summed E-state index contributed by atoms with van der Waals surface area (Å²) >= 11 is 0. The summed E-state index contributed by atoms with van der Waals surface area (Å²) in [7, 11) is 0. The number of carbonyl (C=O) groups excluding carboxylic acids is 3. The van der Waals surface area contributed by atoms with E-state index in [9.17, 15) is 23.2 Å². The largest absolute Gasteiger partial charge is 0.442 e. The molecule has 0 bridgehead atoms. The molecule has 16 heteroatoms. The number of nitrogens with two attached hydrogens (primary N) is 2. The van der Waals surface area contributed by atoms with E-state index in [2.05, 4.69) is 10.5 Å². The summed E-state index contributed by atoms with van der Waals surface area (Å²) in [6, 6.07) is 1.89. The Labute approximate surface area is 202 Å². The highest BCUT2D eigenvalue weighted by molar-refractivity contribution is 6.32. The minimum atomic E-state index is -3.23. The number of benzene rings is 1. The maximum absolute atomic E-state index is 15.0. The summed E-state index contributed by atoms with van der Waals surface area (Å²) in [6.07, 6.45) is -4.20. The second-order valence-electron chi connectivity index (χ2n) is 7.82. The average Bonchev–Trinajstić information content (AvgIpc) is 3.04. The Hall–Kier alpha value is -3.95. The van der Waals surface area contributed by atoms with Crippen molar-refractivity contribution in [2.75, 3.05) is 49.1 Å². The number of cyclic esters (lactones) is 1. The van der Waals surface area contributed by atoms with E-state index in [1.54, 1.807) is 0 Å². The predicted molar refractivity (Wildman–Crippen MR) is 119 cm³/mol. The van der Waals surface area contributed by atoms with Gasteiger partial charge in [-0.05, 0) is 0 Å². The van der Waals surface area contributed by atoms with Gasteiger partial charge in [0, 0.05) is 31.8 Å². The average molecular weight is 517 g/mol. The van der Waals surface area contributed by atoms with Crippen LogP contribution >= 0.6 is 0 Å². The molecule has 6 N–H and O–H groups in total. The van der Waals surface area contributed by atoms with Gasteiger partial charge in [0.1, 0.15) is 17.5 Å². The highest BCUT2D eigenvalue weighted by atomic mass is 19.3. The zero-order valence-electron chi connectivity index (χ0n) is 18.9. The van der Waals surface area contributed by atoms with Crippen LogP contribution in [0.15, 0.2) is 17.2 Å². The van der Waals surface area contributed by atoms with E-state index in [0.29, 0.717) is 0 Å². The van der Waals surface area contributed by atoms with Crippen LogP contribution in [0.2, 0.25) is 0 Å². The molecule has 1 aromatic carbocycles. The van der Waals surface area contributed by atoms with Crippen molar-refractivity contribution < 1.29 is 42.1 Å². The number of ether oxygens (including phenoxy) is 1. The Morgan fingerprint density at radius 2 is 1.97 bits per heavy atom. The molecule has 2 heterocycles. The molecule has 2 fully saturated rings. The highest BCUT2D eigenvalue weighted by Gasteiger charge is 2.34. The van der Waals surface area contributed by atoms with Crippen molar-refractivity contribution in [1.29, 1.82) is 0 Å². The molecule has 12 nitrogen and oxygen atoms in total. The number of rotatable bonds is 8. The molecule has 0 saturated carbocycles. The number of nitrogens with zero attached hydrogens (tertiary/aromatic N) is 4. The summed E-state index contributed by atoms with van der Waals surface area (Å²) in [4.78, 5) is 37.9. The van der Waals surface area contributed by atoms with Gasteiger partial charge in [-0.2, -0.15) is 13.9 Å². The van der Waals surface area contributed by atoms with Gasteiger partial charge < -0.3 is 20.8 Å². The van der Waals surface area contributed by atoms with Crippen LogP contribution in [-0.4, -0.2) is 86.6 Å². The first-order valence-electron chi connectivity index (χ1n) is 10.8. The van der Waals surface area contributed by atoms with Crippen LogP contribution in [0.4, 0.5) is 33.7 Å². The molecule has 1 aromatic rings. The Morgan fingerprint density at radius 1 is 1.28 bits per heavy atom. The fraction of sp³-hybridized carbons (Fsp3) is 0.450. The standard InChI is InChI=1S/C20H24F4N8O4/c21-14-6-12(31-10-13(36-20(31)35)9-27-19(34)18(23)24)7-15(22)17(14)30-2-1-28-32(4-3-30)16(33)5-11(8-25)29-26/h6-8,13,18,25,28H,1-5,9-10,26H2,(H,27,34)/p+1. The normalized spacial score (nSPS) is 18.8. The van der Waals surface area contributed by atoms with E-state index >= 15 is 8.78 Å². The van der Waals surface area contributed by atoms with Crippen LogP contribution in [0.3, 0.4) is 0 Å². The smallest absolute Gasteiger partial charge is 0.414 e. The fourth-order valence-corrected chi connectivity index (χ4v) is 3.71. The second-order valence-corrected chi connectivity index (χ2v) is 7.82. The monoisotopic (exact) mass is 517 g/mol. The lowest BCUT2D eigenvalue weighted by Gasteiger charge is -2.25. The van der Waals surface area contributed by atoms with Gasteiger partial charge in [0.2, 0.25) is 5.91 Å². The molecule has 2 aliphatic rings. The van der Waals surface area contributed by atoms with Gasteiger partial charge in [-0.3, -0.25) is 24.9 Å². The van der Waals surface area contributed by atoms with E-state index in [0.717, 1.165) is 23.2 Å². The fourth-order valence-electron chi connectivity index (χ4n) is 3.71. The molecular formula is C20H25F4N8O4+. The summed E-state index contributed by atoms with van der Waals surface area (Å²) in [5.41, 5.74) is 2.56. The molecule has 196 valence electrons. The summed E-state index contributed by atoms with van der Waals surface area (Å²) in [5.74, 6) is 1.33. The number of nitrogens with one attached hydrogen (secondary N) is 2. The molecule has 0 radical (unpaired) electrons. The van der Waals surface area contributed by atoms with E-state index in [1.165, 1.54) is 9.91 Å². The minimum absolute atomic E-state index is 0.0883. The van der Waals surface area contributed by atoms with Gasteiger partial charge in [-0.15, -0.1) is 0 Å². The zero-order valence-corrected chi connectivity index (χ0v) is 18.9. The lowest BCUT2D eigenvalue weighted by Crippen LogP contribution is -2.45. The van der Waals surface area contributed by atoms with Gasteiger partial charge in [-0.1, -0.05) is 0 Å². The number of amides is 3. The molecule has 3 rings (SSSR count). The van der Waals surface area contributed by atoms with Gasteiger partial charge >= 0.3 is 12.5 Å². The third-order valence-electron chi connectivity index (χ3n) is 5.48. The van der Waals surface area contributed by atoms with E-state index in [-0.39, 0.29) is 68.7 Å². The molecule has 2 saturated heterocycles. The first-order valence-corrected chi connectivity index (χ1v) is 10.8. The number of hydrogen-bond donors (Lipinski definition) is 4. The minimum Gasteiger partial charge on any atom is -0.442 e. The lowest BCUT2D eigenvalue weighted by atomic mass is 10.2. The van der Waals surface area contributed by atoms with Gasteiger partial charge in [0.15, 0.2) is 17.8 Å². The Balaban J connectivity index is 1.67. The topological polar surface area (TPSA) is 158 Å². The van der Waals surface area contributed by atoms with Crippen molar-refractivity contribution in [2.24, 2.45) is 10.9 Å². The van der Waals surface area contributed by atoms with Crippen molar-refractivity contribution in [3.8, 4) is 0 Å². The molecule has 3 amide bonds. The Bertz CT molecular complexity index is 1030. The summed E-state index contributed by atoms with van der Waals surface area (Å²) in [5, 5.41) is 11.9. The number of anilines is 2. The molecule has 0 aromatic heterocycles. The Kier molecular flexibility index (Phi) is 8.63. The number of hydrogen-bond acceptors (Lipinski definition) is 8. The van der Waals surface area contributed by atoms with Gasteiger partial charge in [0.25, 0.3) is 5.91 Å². The molecule has 1 atom stereocenters. The molecule has 1 unspecified atom stereocenters. The molecular weight excluding hydrogens is 492 g/mol. The number of alkyl halides is 2. The van der Waals surface area contributed by atoms with Crippen LogP contribution in [0.25, 0.3) is 0 Å². The van der Waals surface area contributed by atoms with Gasteiger partial charge in [-0.25, -0.2) is 19.0 Å². The van der Waals surface area contributed by atoms with Crippen LogP contribution in [0, 0.1) is 11.6 Å².